The number of aliphatic hydroxyl groups excluding tert-OH is 7. The Morgan fingerprint density at radius 2 is 0.896 bits per heavy atom. The third-order valence-corrected chi connectivity index (χ3v) is 13.1. The van der Waals surface area contributed by atoms with Gasteiger partial charge in [-0.25, -0.2) is 0 Å². The molecule has 392 valence electrons. The standard InChI is InChI=1S/C56H103NO10/c1-3-5-7-9-11-13-15-17-19-21-23-24-25-26-28-29-31-33-35-37-39-41-43-48(59)51(61)47(46-66-56-54(64)53(63)52(62)50(45-58)67-56)57-55(65)49(60)44-42-40-38-36-34-32-30-27-22-20-18-16-14-12-10-8-6-4-2/h22-24,27-29,35,37,47-54,56,58-64H,3-21,25-26,30-34,36,38-46H2,1-2H3,(H,57,65)/b24-23+,27-22-,29-28+,37-35+. The van der Waals surface area contributed by atoms with E-state index in [-0.39, 0.29) is 12.8 Å². The molecular weight excluding hydrogens is 847 g/mol. The molecule has 1 saturated heterocycles. The summed E-state index contributed by atoms with van der Waals surface area (Å²) in [5, 5.41) is 76.0. The molecule has 8 N–H and O–H groups in total. The third kappa shape index (κ3) is 34.1. The van der Waals surface area contributed by atoms with Gasteiger partial charge in [-0.1, -0.05) is 191 Å². The van der Waals surface area contributed by atoms with Gasteiger partial charge in [0.15, 0.2) is 6.29 Å². The van der Waals surface area contributed by atoms with Gasteiger partial charge in [0.05, 0.1) is 25.4 Å². The molecule has 0 bridgehead atoms. The van der Waals surface area contributed by atoms with E-state index in [2.05, 4.69) is 67.8 Å². The largest absolute Gasteiger partial charge is 0.394 e. The van der Waals surface area contributed by atoms with Crippen LogP contribution < -0.4 is 5.32 Å². The summed E-state index contributed by atoms with van der Waals surface area (Å²) < 4.78 is 11.1. The lowest BCUT2D eigenvalue weighted by Crippen LogP contribution is -2.60. The van der Waals surface area contributed by atoms with Crippen LogP contribution in [0.15, 0.2) is 48.6 Å². The van der Waals surface area contributed by atoms with Crippen molar-refractivity contribution in [1.82, 2.24) is 5.32 Å². The van der Waals surface area contributed by atoms with E-state index in [0.717, 1.165) is 64.2 Å². The minimum atomic E-state index is -1.67. The van der Waals surface area contributed by atoms with Crippen molar-refractivity contribution >= 4 is 5.91 Å². The first-order valence-corrected chi connectivity index (χ1v) is 27.5. The Kier molecular flexibility index (Phi) is 42.6. The molecule has 0 aromatic heterocycles. The summed E-state index contributed by atoms with van der Waals surface area (Å²) in [5.41, 5.74) is 0. The molecule has 0 aromatic rings. The van der Waals surface area contributed by atoms with E-state index in [0.29, 0.717) is 19.3 Å². The molecule has 0 radical (unpaired) electrons. The SMILES string of the molecule is CCCCCCCCCC/C=C\CCCCCCCCC(O)C(=O)NC(COC1OC(CO)C(O)C(O)C1O)C(O)C(O)CCC/C=C/CC/C=C/CC/C=C/CCCCCCCCCCC. The van der Waals surface area contributed by atoms with Crippen molar-refractivity contribution in [3.8, 4) is 0 Å². The van der Waals surface area contributed by atoms with E-state index in [4.69, 9.17) is 9.47 Å². The quantitative estimate of drug-likeness (QED) is 0.0215. The third-order valence-electron chi connectivity index (χ3n) is 13.1. The molecule has 11 heteroatoms. The zero-order valence-corrected chi connectivity index (χ0v) is 42.6. The summed E-state index contributed by atoms with van der Waals surface area (Å²) >= 11 is 0. The first-order chi connectivity index (χ1) is 32.7. The van der Waals surface area contributed by atoms with Crippen molar-refractivity contribution in [3.63, 3.8) is 0 Å². The Balaban J connectivity index is 2.40. The molecule has 11 nitrogen and oxygen atoms in total. The van der Waals surface area contributed by atoms with Crippen LogP contribution in [0.2, 0.25) is 0 Å². The average Bonchev–Trinajstić information content (AvgIpc) is 3.33. The molecule has 1 aliphatic rings. The van der Waals surface area contributed by atoms with Gasteiger partial charge in [-0.15, -0.1) is 0 Å². The zero-order chi connectivity index (χ0) is 49.0. The van der Waals surface area contributed by atoms with E-state index >= 15 is 0 Å². The Morgan fingerprint density at radius 1 is 0.507 bits per heavy atom. The summed E-state index contributed by atoms with van der Waals surface area (Å²) in [4.78, 5) is 13.1. The predicted molar refractivity (Wildman–Crippen MR) is 275 cm³/mol. The summed E-state index contributed by atoms with van der Waals surface area (Å²) in [5.74, 6) is -0.717. The molecule has 0 aromatic carbocycles. The fourth-order valence-electron chi connectivity index (χ4n) is 8.53. The number of ether oxygens (including phenoxy) is 2. The highest BCUT2D eigenvalue weighted by Crippen LogP contribution is 2.23. The second kappa shape index (κ2) is 45.2. The highest BCUT2D eigenvalue weighted by molar-refractivity contribution is 5.80. The smallest absolute Gasteiger partial charge is 0.249 e. The van der Waals surface area contributed by atoms with Crippen LogP contribution in [0.1, 0.15) is 232 Å². The Hall–Kier alpha value is -1.93. The Bertz CT molecular complexity index is 1230. The number of unbranched alkanes of at least 4 members (excludes halogenated alkanes) is 26. The van der Waals surface area contributed by atoms with Crippen LogP contribution in [0.4, 0.5) is 0 Å². The van der Waals surface area contributed by atoms with Crippen molar-refractivity contribution in [2.45, 2.75) is 287 Å². The number of aliphatic hydroxyl groups is 7. The van der Waals surface area contributed by atoms with Crippen LogP contribution in [-0.2, 0) is 14.3 Å². The molecule has 67 heavy (non-hydrogen) atoms. The first kappa shape index (κ1) is 63.1. The molecule has 1 aliphatic heterocycles. The number of allylic oxidation sites excluding steroid dienone is 8. The maximum absolute atomic E-state index is 13.1. The van der Waals surface area contributed by atoms with Gasteiger partial charge in [0.2, 0.25) is 5.91 Å². The number of nitrogens with one attached hydrogen (secondary N) is 1. The number of carbonyl (C=O) groups is 1. The van der Waals surface area contributed by atoms with Crippen molar-refractivity contribution in [2.75, 3.05) is 13.2 Å². The van der Waals surface area contributed by atoms with Crippen molar-refractivity contribution in [3.05, 3.63) is 48.6 Å². The summed E-state index contributed by atoms with van der Waals surface area (Å²) in [6.45, 7) is 3.43. The molecule has 9 atom stereocenters. The lowest BCUT2D eigenvalue weighted by molar-refractivity contribution is -0.303. The fourth-order valence-corrected chi connectivity index (χ4v) is 8.53. The van der Waals surface area contributed by atoms with Gasteiger partial charge in [-0.05, 0) is 89.9 Å². The van der Waals surface area contributed by atoms with E-state index in [1.165, 1.54) is 122 Å². The minimum Gasteiger partial charge on any atom is -0.394 e. The fraction of sp³-hybridized carbons (Fsp3) is 0.839. The van der Waals surface area contributed by atoms with Crippen molar-refractivity contribution in [2.24, 2.45) is 0 Å². The van der Waals surface area contributed by atoms with Gasteiger partial charge in [-0.3, -0.25) is 4.79 Å². The van der Waals surface area contributed by atoms with Gasteiger partial charge < -0.3 is 50.5 Å². The van der Waals surface area contributed by atoms with Crippen molar-refractivity contribution < 1.29 is 50.0 Å². The van der Waals surface area contributed by atoms with Crippen LogP contribution in [0.25, 0.3) is 0 Å². The summed E-state index contributed by atoms with van der Waals surface area (Å²) in [7, 11) is 0. The monoisotopic (exact) mass is 950 g/mol. The Labute approximate surface area is 409 Å². The number of hydrogen-bond acceptors (Lipinski definition) is 10. The molecule has 1 rings (SSSR count). The topological polar surface area (TPSA) is 189 Å². The van der Waals surface area contributed by atoms with E-state index in [1.54, 1.807) is 0 Å². The van der Waals surface area contributed by atoms with Gasteiger partial charge in [0.25, 0.3) is 0 Å². The molecule has 0 saturated carbocycles. The maximum atomic E-state index is 13.1. The molecule has 1 fully saturated rings. The van der Waals surface area contributed by atoms with Crippen LogP contribution >= 0.6 is 0 Å². The van der Waals surface area contributed by atoms with Gasteiger partial charge >= 0.3 is 0 Å². The number of rotatable bonds is 46. The van der Waals surface area contributed by atoms with Gasteiger partial charge in [0.1, 0.15) is 36.6 Å². The summed E-state index contributed by atoms with van der Waals surface area (Å²) in [6, 6.07) is -1.20. The number of hydrogen-bond donors (Lipinski definition) is 8. The van der Waals surface area contributed by atoms with Crippen LogP contribution in [0.5, 0.6) is 0 Å². The van der Waals surface area contributed by atoms with Crippen LogP contribution in [0.3, 0.4) is 0 Å². The zero-order valence-electron chi connectivity index (χ0n) is 42.6. The molecule has 0 aliphatic carbocycles. The normalized spacial score (nSPS) is 21.0. The lowest BCUT2D eigenvalue weighted by atomic mass is 9.98. The van der Waals surface area contributed by atoms with Gasteiger partial charge in [0, 0.05) is 0 Å². The molecular formula is C56H103NO10. The number of amides is 1. The van der Waals surface area contributed by atoms with Crippen LogP contribution in [0, 0.1) is 0 Å². The second-order valence-corrected chi connectivity index (χ2v) is 19.3. The van der Waals surface area contributed by atoms with E-state index < -0.39 is 74.2 Å². The lowest BCUT2D eigenvalue weighted by Gasteiger charge is -2.40. The van der Waals surface area contributed by atoms with Gasteiger partial charge in [-0.2, -0.15) is 0 Å². The van der Waals surface area contributed by atoms with E-state index in [1.807, 2.05) is 0 Å². The Morgan fingerprint density at radius 3 is 1.33 bits per heavy atom. The van der Waals surface area contributed by atoms with Crippen molar-refractivity contribution in [1.29, 1.82) is 0 Å². The highest BCUT2D eigenvalue weighted by atomic mass is 16.7. The number of carbonyl (C=O) groups excluding carboxylic acids is 1. The average molecular weight is 950 g/mol. The summed E-state index contributed by atoms with van der Waals surface area (Å²) in [6.07, 6.45) is 44.4. The first-order valence-electron chi connectivity index (χ1n) is 27.5. The molecule has 1 heterocycles. The molecule has 9 unspecified atom stereocenters. The molecule has 0 spiro atoms. The maximum Gasteiger partial charge on any atom is 0.249 e. The highest BCUT2D eigenvalue weighted by Gasteiger charge is 2.44. The van der Waals surface area contributed by atoms with E-state index in [9.17, 15) is 40.5 Å². The molecule has 1 amide bonds. The second-order valence-electron chi connectivity index (χ2n) is 19.3. The predicted octanol–water partition coefficient (Wildman–Crippen LogP) is 10.9. The van der Waals surface area contributed by atoms with Crippen LogP contribution in [-0.4, -0.2) is 110 Å². The minimum absolute atomic E-state index is 0.239.